The van der Waals surface area contributed by atoms with Crippen LogP contribution in [0.15, 0.2) is 41.8 Å². The van der Waals surface area contributed by atoms with Crippen LogP contribution in [0, 0.1) is 0 Å². The number of alkyl halides is 3. The number of rotatable bonds is 3. The number of H-pyrrole nitrogens is 1. The Balaban J connectivity index is 1.98. The molecule has 0 aromatic carbocycles. The normalized spacial score (nSPS) is 11.6. The van der Waals surface area contributed by atoms with E-state index in [2.05, 4.69) is 15.1 Å². The molecule has 0 aliphatic heterocycles. The Morgan fingerprint density at radius 1 is 1.25 bits per heavy atom. The molecule has 8 nitrogen and oxygen atoms in total. The smallest absolute Gasteiger partial charge is 0.434 e. The number of aromatic amines is 1. The fourth-order valence-electron chi connectivity index (χ4n) is 1.96. The minimum Gasteiger partial charge on any atom is -0.478 e. The van der Waals surface area contributed by atoms with Crippen LogP contribution in [-0.4, -0.2) is 35.4 Å². The molecule has 0 aliphatic rings. The summed E-state index contributed by atoms with van der Waals surface area (Å²) < 4.78 is 39.6. The van der Waals surface area contributed by atoms with E-state index >= 15 is 0 Å². The van der Waals surface area contributed by atoms with Gasteiger partial charge >= 0.3 is 12.1 Å². The molecule has 0 spiro atoms. The Bertz CT molecular complexity index is 952. The van der Waals surface area contributed by atoms with Gasteiger partial charge in [-0.3, -0.25) is 14.5 Å². The number of imidazole rings is 1. The first-order chi connectivity index (χ1) is 11.3. The van der Waals surface area contributed by atoms with Gasteiger partial charge in [0.25, 0.3) is 5.56 Å². The number of aromatic nitrogens is 5. The molecule has 0 atom stereocenters. The number of carboxylic acids is 1. The predicted octanol–water partition coefficient (Wildman–Crippen LogP) is 1.46. The van der Waals surface area contributed by atoms with Crippen LogP contribution in [0.4, 0.5) is 13.2 Å². The molecule has 3 rings (SSSR count). The van der Waals surface area contributed by atoms with Crippen LogP contribution in [0.25, 0.3) is 11.5 Å². The first-order valence-electron chi connectivity index (χ1n) is 6.39. The van der Waals surface area contributed by atoms with E-state index in [1.807, 2.05) is 0 Å². The van der Waals surface area contributed by atoms with Crippen LogP contribution < -0.4 is 5.56 Å². The molecule has 0 fully saturated rings. The lowest BCUT2D eigenvalue weighted by molar-refractivity contribution is -0.140. The van der Waals surface area contributed by atoms with Gasteiger partial charge in [0.05, 0.1) is 5.56 Å². The van der Waals surface area contributed by atoms with Gasteiger partial charge < -0.3 is 5.11 Å². The third-order valence-electron chi connectivity index (χ3n) is 3.13. The summed E-state index contributed by atoms with van der Waals surface area (Å²) in [5, 5.41) is 11.4. The molecule has 0 amide bonds. The predicted molar refractivity (Wildman–Crippen MR) is 73.3 cm³/mol. The Hall–Kier alpha value is -3.37. The maximum Gasteiger partial charge on any atom is 0.434 e. The highest BCUT2D eigenvalue weighted by Crippen LogP contribution is 2.27. The van der Waals surface area contributed by atoms with Gasteiger partial charge in [0.2, 0.25) is 0 Å². The van der Waals surface area contributed by atoms with Crippen LogP contribution in [0.5, 0.6) is 0 Å². The van der Waals surface area contributed by atoms with Crippen molar-refractivity contribution in [1.29, 1.82) is 0 Å². The Morgan fingerprint density at radius 3 is 2.54 bits per heavy atom. The number of nitrogens with zero attached hydrogens (tertiary/aromatic N) is 4. The van der Waals surface area contributed by atoms with E-state index in [9.17, 15) is 22.8 Å². The van der Waals surface area contributed by atoms with Crippen LogP contribution in [-0.2, 0) is 6.18 Å². The number of pyridine rings is 1. The van der Waals surface area contributed by atoms with Crippen molar-refractivity contribution in [2.45, 2.75) is 6.18 Å². The minimum absolute atomic E-state index is 0.0667. The van der Waals surface area contributed by atoms with Gasteiger partial charge in [-0.1, -0.05) is 0 Å². The molecule has 3 heterocycles. The van der Waals surface area contributed by atoms with Crippen molar-refractivity contribution in [3.05, 3.63) is 58.7 Å². The summed E-state index contributed by atoms with van der Waals surface area (Å²) in [5.74, 6) is -1.08. The summed E-state index contributed by atoms with van der Waals surface area (Å²) in [4.78, 5) is 30.1. The van der Waals surface area contributed by atoms with E-state index < -0.39 is 23.4 Å². The Kier molecular flexibility index (Phi) is 3.47. The lowest BCUT2D eigenvalue weighted by Crippen LogP contribution is -2.19. The molecule has 11 heteroatoms. The van der Waals surface area contributed by atoms with Crippen LogP contribution in [0.2, 0.25) is 0 Å². The highest BCUT2D eigenvalue weighted by Gasteiger charge is 2.33. The van der Waals surface area contributed by atoms with Gasteiger partial charge in [0.1, 0.15) is 12.0 Å². The van der Waals surface area contributed by atoms with Gasteiger partial charge in [-0.05, 0) is 12.1 Å². The van der Waals surface area contributed by atoms with E-state index in [1.54, 1.807) is 0 Å². The zero-order valence-electron chi connectivity index (χ0n) is 11.7. The summed E-state index contributed by atoms with van der Waals surface area (Å²) >= 11 is 0. The lowest BCUT2D eigenvalue weighted by atomic mass is 10.3. The van der Waals surface area contributed by atoms with E-state index in [0.717, 1.165) is 21.8 Å². The number of carbonyl (C=O) groups is 1. The van der Waals surface area contributed by atoms with Crippen molar-refractivity contribution < 1.29 is 23.1 Å². The number of hydrogen-bond acceptors (Lipinski definition) is 4. The zero-order valence-corrected chi connectivity index (χ0v) is 11.7. The molecule has 0 unspecified atom stereocenters. The third-order valence-corrected chi connectivity index (χ3v) is 3.13. The molecule has 2 N–H and O–H groups in total. The summed E-state index contributed by atoms with van der Waals surface area (Å²) in [6, 6.07) is 2.54. The van der Waals surface area contributed by atoms with Gasteiger partial charge in [-0.25, -0.2) is 14.8 Å². The average Bonchev–Trinajstić information content (AvgIpc) is 3.13. The van der Waals surface area contributed by atoms with E-state index in [0.29, 0.717) is 6.20 Å². The van der Waals surface area contributed by atoms with Crippen molar-refractivity contribution in [2.24, 2.45) is 0 Å². The summed E-state index contributed by atoms with van der Waals surface area (Å²) in [7, 11) is 0. The zero-order chi connectivity index (χ0) is 17.5. The van der Waals surface area contributed by atoms with Gasteiger partial charge in [0, 0.05) is 18.6 Å². The molecular formula is C13H8F3N5O3. The monoisotopic (exact) mass is 339 g/mol. The Labute approximate surface area is 130 Å². The molecular weight excluding hydrogens is 331 g/mol. The maximum absolute atomic E-state index is 12.6. The molecule has 0 saturated carbocycles. The van der Waals surface area contributed by atoms with Crippen LogP contribution >= 0.6 is 0 Å². The molecule has 0 radical (unpaired) electrons. The standard InChI is InChI=1S/C13H8F3N5O3/c14-13(15,16)9-5-20(6-18-9)8-4-19-21(11(8)22)10-2-1-7(3-17-10)12(23)24/h1-6,19H,(H,23,24). The number of nitrogens with one attached hydrogen (secondary N) is 1. The van der Waals surface area contributed by atoms with Gasteiger partial charge in [-0.2, -0.15) is 17.9 Å². The molecule has 0 bridgehead atoms. The molecule has 0 aliphatic carbocycles. The maximum atomic E-state index is 12.6. The van der Waals surface area contributed by atoms with E-state index in [1.165, 1.54) is 18.3 Å². The second-order valence-electron chi connectivity index (χ2n) is 4.67. The fraction of sp³-hybridized carbons (Fsp3) is 0.0769. The molecule has 124 valence electrons. The van der Waals surface area contributed by atoms with Crippen LogP contribution in [0.3, 0.4) is 0 Å². The highest BCUT2D eigenvalue weighted by molar-refractivity contribution is 5.87. The number of halogens is 3. The summed E-state index contributed by atoms with van der Waals surface area (Å²) in [6.45, 7) is 0. The van der Waals surface area contributed by atoms with E-state index in [4.69, 9.17) is 5.11 Å². The van der Waals surface area contributed by atoms with Crippen LogP contribution in [0.1, 0.15) is 16.1 Å². The molecule has 24 heavy (non-hydrogen) atoms. The van der Waals surface area contributed by atoms with Crippen molar-refractivity contribution in [1.82, 2.24) is 24.3 Å². The van der Waals surface area contributed by atoms with Crippen molar-refractivity contribution in [3.63, 3.8) is 0 Å². The average molecular weight is 339 g/mol. The highest BCUT2D eigenvalue weighted by atomic mass is 19.4. The first-order valence-corrected chi connectivity index (χ1v) is 6.39. The lowest BCUT2D eigenvalue weighted by Gasteiger charge is -2.01. The van der Waals surface area contributed by atoms with E-state index in [-0.39, 0.29) is 17.1 Å². The molecule has 3 aromatic heterocycles. The number of carboxylic acid groups (broad SMARTS) is 1. The second kappa shape index (κ2) is 5.37. The molecule has 0 saturated heterocycles. The number of hydrogen-bond donors (Lipinski definition) is 2. The van der Waals surface area contributed by atoms with Gasteiger partial charge in [0.15, 0.2) is 11.5 Å². The SMILES string of the molecule is O=C(O)c1ccc(-n2[nH]cc(-n3cnc(C(F)(F)F)c3)c2=O)nc1. The Morgan fingerprint density at radius 2 is 2.00 bits per heavy atom. The topological polar surface area (TPSA) is 106 Å². The third kappa shape index (κ3) is 2.66. The summed E-state index contributed by atoms with van der Waals surface area (Å²) in [5.41, 5.74) is -1.96. The largest absolute Gasteiger partial charge is 0.478 e. The second-order valence-corrected chi connectivity index (χ2v) is 4.67. The van der Waals surface area contributed by atoms with Crippen molar-refractivity contribution >= 4 is 5.97 Å². The fourth-order valence-corrected chi connectivity index (χ4v) is 1.96. The van der Waals surface area contributed by atoms with Crippen molar-refractivity contribution in [3.8, 4) is 11.5 Å². The quantitative estimate of drug-likeness (QED) is 0.751. The molecule has 3 aromatic rings. The van der Waals surface area contributed by atoms with Gasteiger partial charge in [-0.15, -0.1) is 0 Å². The summed E-state index contributed by atoms with van der Waals surface area (Å²) in [6.07, 6.45) is -0.802. The number of aromatic carboxylic acids is 1. The first kappa shape index (κ1) is 15.5. The van der Waals surface area contributed by atoms with Crippen molar-refractivity contribution in [2.75, 3.05) is 0 Å². The minimum atomic E-state index is -4.62.